The third-order valence-corrected chi connectivity index (χ3v) is 5.83. The molecule has 1 fully saturated rings. The van der Waals surface area contributed by atoms with Crippen LogP contribution in [0.25, 0.3) is 0 Å². The summed E-state index contributed by atoms with van der Waals surface area (Å²) in [7, 11) is 0. The lowest BCUT2D eigenvalue weighted by molar-refractivity contribution is -0.0644. The maximum Gasteiger partial charge on any atom is 0.338 e. The molecule has 35 heavy (non-hydrogen) atoms. The lowest BCUT2D eigenvalue weighted by Gasteiger charge is -2.25. The quantitative estimate of drug-likeness (QED) is 0.258. The number of benzene rings is 2. The number of unbranched alkanes of at least 4 members (excludes halogenated alkanes) is 1. The summed E-state index contributed by atoms with van der Waals surface area (Å²) in [6.07, 6.45) is 0.908. The van der Waals surface area contributed by atoms with E-state index in [9.17, 15) is 14.7 Å². The first-order valence-electron chi connectivity index (χ1n) is 12.1. The first kappa shape index (κ1) is 26.6. The van der Waals surface area contributed by atoms with Crippen LogP contribution in [0.3, 0.4) is 0 Å². The first-order chi connectivity index (χ1) is 17.0. The van der Waals surface area contributed by atoms with Crippen LogP contribution in [0.5, 0.6) is 0 Å². The minimum Gasteiger partial charge on any atom is -0.458 e. The first-order valence-corrected chi connectivity index (χ1v) is 12.1. The van der Waals surface area contributed by atoms with Crippen LogP contribution >= 0.6 is 0 Å². The lowest BCUT2D eigenvalue weighted by Crippen LogP contribution is -2.38. The molecule has 2 aromatic rings. The number of hydrogen-bond donors (Lipinski definition) is 1. The number of aliphatic hydroxyl groups excluding tert-OH is 1. The summed E-state index contributed by atoms with van der Waals surface area (Å²) in [4.78, 5) is 25.3. The standard InChI is InChI=1S/C28H34O7/c1-3-5-17-32-26-24(35-23(12-4-2)25(26)29)18-22(34-28(31)21-15-10-7-11-16-21)19-33-27(30)20-13-8-6-9-14-20/h4,6-11,13-16,22-26,29H,2-3,5,12,17-19H2,1H3/t22-,23-,24+,25-,26-/m0/s1. The number of carbonyl (C=O) groups is 2. The average molecular weight is 483 g/mol. The molecule has 1 N–H and O–H groups in total. The number of esters is 2. The fraction of sp³-hybridized carbons (Fsp3) is 0.429. The molecule has 0 bridgehead atoms. The summed E-state index contributed by atoms with van der Waals surface area (Å²) >= 11 is 0. The molecule has 0 spiro atoms. The second-order valence-electron chi connectivity index (χ2n) is 8.51. The third kappa shape index (κ3) is 7.75. The van der Waals surface area contributed by atoms with Gasteiger partial charge in [-0.05, 0) is 37.1 Å². The summed E-state index contributed by atoms with van der Waals surface area (Å²) in [5.74, 6) is -1.05. The zero-order valence-electron chi connectivity index (χ0n) is 20.1. The zero-order chi connectivity index (χ0) is 25.0. The number of hydrogen-bond acceptors (Lipinski definition) is 7. The molecule has 1 saturated heterocycles. The predicted molar refractivity (Wildman–Crippen MR) is 131 cm³/mol. The van der Waals surface area contributed by atoms with Gasteiger partial charge in [0.05, 0.1) is 23.3 Å². The molecule has 0 aliphatic carbocycles. The lowest BCUT2D eigenvalue weighted by atomic mass is 10.0. The van der Waals surface area contributed by atoms with Crippen molar-refractivity contribution < 1.29 is 33.6 Å². The Morgan fingerprint density at radius 2 is 1.66 bits per heavy atom. The highest BCUT2D eigenvalue weighted by molar-refractivity contribution is 5.90. The van der Waals surface area contributed by atoms with Crippen molar-refractivity contribution in [3.8, 4) is 0 Å². The highest BCUT2D eigenvalue weighted by atomic mass is 16.6. The molecule has 2 aromatic carbocycles. The van der Waals surface area contributed by atoms with Crippen molar-refractivity contribution in [3.63, 3.8) is 0 Å². The van der Waals surface area contributed by atoms with E-state index >= 15 is 0 Å². The molecular weight excluding hydrogens is 448 g/mol. The third-order valence-electron chi connectivity index (χ3n) is 5.83. The van der Waals surface area contributed by atoms with Crippen LogP contribution < -0.4 is 0 Å². The van der Waals surface area contributed by atoms with Gasteiger partial charge in [-0.15, -0.1) is 6.58 Å². The van der Waals surface area contributed by atoms with E-state index in [0.29, 0.717) is 24.2 Å². The number of rotatable bonds is 13. The van der Waals surface area contributed by atoms with E-state index in [4.69, 9.17) is 18.9 Å². The Morgan fingerprint density at radius 3 is 2.26 bits per heavy atom. The molecule has 0 aromatic heterocycles. The topological polar surface area (TPSA) is 91.3 Å². The van der Waals surface area contributed by atoms with Crippen LogP contribution in [0.15, 0.2) is 73.3 Å². The van der Waals surface area contributed by atoms with Gasteiger partial charge in [0.1, 0.15) is 24.9 Å². The molecular formula is C28H34O7. The van der Waals surface area contributed by atoms with E-state index in [1.165, 1.54) is 0 Å². The van der Waals surface area contributed by atoms with Crippen LogP contribution in [0.2, 0.25) is 0 Å². The van der Waals surface area contributed by atoms with Crippen molar-refractivity contribution >= 4 is 11.9 Å². The Labute approximate surface area is 206 Å². The molecule has 188 valence electrons. The second kappa shape index (κ2) is 13.8. The Balaban J connectivity index is 1.73. The van der Waals surface area contributed by atoms with E-state index in [-0.39, 0.29) is 13.0 Å². The minimum absolute atomic E-state index is 0.157. The molecule has 7 nitrogen and oxygen atoms in total. The number of carbonyl (C=O) groups excluding carboxylic acids is 2. The largest absolute Gasteiger partial charge is 0.458 e. The highest BCUT2D eigenvalue weighted by Crippen LogP contribution is 2.30. The van der Waals surface area contributed by atoms with Crippen LogP contribution in [0.1, 0.15) is 53.3 Å². The van der Waals surface area contributed by atoms with Crippen molar-refractivity contribution in [1.82, 2.24) is 0 Å². The van der Waals surface area contributed by atoms with Gasteiger partial charge < -0.3 is 24.1 Å². The molecule has 1 aliphatic heterocycles. The fourth-order valence-electron chi connectivity index (χ4n) is 3.96. The number of aliphatic hydroxyl groups is 1. The van der Waals surface area contributed by atoms with Crippen LogP contribution in [-0.4, -0.2) is 60.8 Å². The highest BCUT2D eigenvalue weighted by Gasteiger charge is 2.45. The normalized spacial score (nSPS) is 22.3. The van der Waals surface area contributed by atoms with Crippen LogP contribution in [0.4, 0.5) is 0 Å². The van der Waals surface area contributed by atoms with E-state index in [1.807, 2.05) is 12.1 Å². The Hall–Kier alpha value is -3.00. The van der Waals surface area contributed by atoms with E-state index < -0.39 is 42.5 Å². The number of ether oxygens (including phenoxy) is 4. The van der Waals surface area contributed by atoms with Gasteiger partial charge in [0.2, 0.25) is 0 Å². The Morgan fingerprint density at radius 1 is 1.03 bits per heavy atom. The molecule has 3 rings (SSSR count). The smallest absolute Gasteiger partial charge is 0.338 e. The summed E-state index contributed by atoms with van der Waals surface area (Å²) < 4.78 is 23.3. The Bertz CT molecular complexity index is 931. The van der Waals surface area contributed by atoms with Gasteiger partial charge in [-0.2, -0.15) is 0 Å². The zero-order valence-corrected chi connectivity index (χ0v) is 20.1. The molecule has 0 amide bonds. The monoisotopic (exact) mass is 482 g/mol. The average Bonchev–Trinajstić information content (AvgIpc) is 3.17. The van der Waals surface area contributed by atoms with Crippen LogP contribution in [-0.2, 0) is 18.9 Å². The van der Waals surface area contributed by atoms with Gasteiger partial charge in [-0.25, -0.2) is 9.59 Å². The SMILES string of the molecule is C=CC[C@@H]1O[C@H](C[C@@H](COC(=O)c2ccccc2)OC(=O)c2ccccc2)[C@H](OCCCC)[C@H]1O. The van der Waals surface area contributed by atoms with Gasteiger partial charge in [0.25, 0.3) is 0 Å². The van der Waals surface area contributed by atoms with Crippen LogP contribution in [0, 0.1) is 0 Å². The fourth-order valence-corrected chi connectivity index (χ4v) is 3.96. The molecule has 5 atom stereocenters. The molecule has 1 aliphatic rings. The van der Waals surface area contributed by atoms with Gasteiger partial charge in [0, 0.05) is 13.0 Å². The van der Waals surface area contributed by atoms with Gasteiger partial charge in [-0.3, -0.25) is 0 Å². The van der Waals surface area contributed by atoms with Crippen molar-refractivity contribution in [2.45, 2.75) is 63.1 Å². The molecule has 1 heterocycles. The van der Waals surface area contributed by atoms with E-state index in [2.05, 4.69) is 13.5 Å². The maximum atomic E-state index is 12.8. The summed E-state index contributed by atoms with van der Waals surface area (Å²) in [6, 6.07) is 17.2. The minimum atomic E-state index is -0.841. The molecule has 7 heteroatoms. The maximum absolute atomic E-state index is 12.8. The van der Waals surface area contributed by atoms with Gasteiger partial charge in [0.15, 0.2) is 0 Å². The summed E-state index contributed by atoms with van der Waals surface area (Å²) in [6.45, 7) is 6.12. The van der Waals surface area contributed by atoms with Gasteiger partial charge >= 0.3 is 11.9 Å². The molecule has 0 saturated carbocycles. The summed E-state index contributed by atoms with van der Waals surface area (Å²) in [5.41, 5.74) is 0.791. The van der Waals surface area contributed by atoms with Crippen molar-refractivity contribution in [3.05, 3.63) is 84.4 Å². The van der Waals surface area contributed by atoms with Crippen molar-refractivity contribution in [2.24, 2.45) is 0 Å². The second-order valence-corrected chi connectivity index (χ2v) is 8.51. The van der Waals surface area contributed by atoms with Crippen molar-refractivity contribution in [1.29, 1.82) is 0 Å². The molecule has 0 radical (unpaired) electrons. The van der Waals surface area contributed by atoms with Crippen molar-refractivity contribution in [2.75, 3.05) is 13.2 Å². The predicted octanol–water partition coefficient (Wildman–Crippen LogP) is 4.35. The van der Waals surface area contributed by atoms with E-state index in [1.54, 1.807) is 54.6 Å². The van der Waals surface area contributed by atoms with E-state index in [0.717, 1.165) is 12.8 Å². The van der Waals surface area contributed by atoms with Gasteiger partial charge in [-0.1, -0.05) is 55.8 Å². The Kier molecular flexibility index (Phi) is 10.5. The summed E-state index contributed by atoms with van der Waals surface area (Å²) in [5, 5.41) is 10.8. The molecule has 0 unspecified atom stereocenters.